The maximum Gasteiger partial charge on any atom is 0.0568 e. The van der Waals surface area contributed by atoms with Crippen LogP contribution in [0.1, 0.15) is 6.42 Å². The van der Waals surface area contributed by atoms with Gasteiger partial charge in [-0.15, -0.1) is 0 Å². The Morgan fingerprint density at radius 3 is 2.52 bits per heavy atom. The minimum absolute atomic E-state index is 0.848. The van der Waals surface area contributed by atoms with Crippen molar-refractivity contribution in [2.45, 2.75) is 16.2 Å². The van der Waals surface area contributed by atoms with Gasteiger partial charge in [0.15, 0.2) is 0 Å². The van der Waals surface area contributed by atoms with Gasteiger partial charge < -0.3 is 14.7 Å². The predicted molar refractivity (Wildman–Crippen MR) is 108 cm³/mol. The van der Waals surface area contributed by atoms with Crippen molar-refractivity contribution in [2.24, 2.45) is 0 Å². The van der Waals surface area contributed by atoms with Crippen molar-refractivity contribution in [1.82, 2.24) is 9.80 Å². The van der Waals surface area contributed by atoms with E-state index in [9.17, 15) is 0 Å². The van der Waals surface area contributed by atoms with Gasteiger partial charge in [0.1, 0.15) is 0 Å². The Kier molecular flexibility index (Phi) is 5.23. The first kappa shape index (κ1) is 17.2. The number of halogens is 1. The van der Waals surface area contributed by atoms with E-state index in [1.54, 1.807) is 11.8 Å². The van der Waals surface area contributed by atoms with E-state index in [-0.39, 0.29) is 0 Å². The van der Waals surface area contributed by atoms with E-state index in [0.29, 0.717) is 0 Å². The van der Waals surface area contributed by atoms with Gasteiger partial charge in [0, 0.05) is 37.6 Å². The van der Waals surface area contributed by atoms with E-state index in [2.05, 4.69) is 58.1 Å². The Labute approximate surface area is 159 Å². The molecule has 5 heteroatoms. The number of piperazine rings is 1. The normalized spacial score (nSPS) is 18.1. The van der Waals surface area contributed by atoms with E-state index >= 15 is 0 Å². The average molecular weight is 374 g/mol. The summed E-state index contributed by atoms with van der Waals surface area (Å²) in [7, 11) is 2.21. The molecular weight excluding hydrogens is 350 g/mol. The molecule has 0 saturated carbocycles. The average Bonchev–Trinajstić information content (AvgIpc) is 2.63. The van der Waals surface area contributed by atoms with Crippen molar-refractivity contribution >= 4 is 34.7 Å². The van der Waals surface area contributed by atoms with E-state index in [1.807, 2.05) is 6.07 Å². The molecular formula is C20H24ClN3S. The fourth-order valence-electron chi connectivity index (χ4n) is 3.58. The maximum absolute atomic E-state index is 6.48. The zero-order chi connectivity index (χ0) is 17.2. The van der Waals surface area contributed by atoms with Crippen LogP contribution in [0.4, 0.5) is 11.4 Å². The summed E-state index contributed by atoms with van der Waals surface area (Å²) in [6.45, 7) is 6.92. The SMILES string of the molecule is CN1CCN(CCCN2c3ccccc3Sc3c(Cl)cccc32)CC1. The molecule has 1 saturated heterocycles. The molecule has 132 valence electrons. The molecule has 2 aromatic carbocycles. The summed E-state index contributed by atoms with van der Waals surface area (Å²) in [6.07, 6.45) is 1.16. The van der Waals surface area contributed by atoms with Crippen molar-refractivity contribution in [1.29, 1.82) is 0 Å². The number of rotatable bonds is 4. The minimum Gasteiger partial charge on any atom is -0.340 e. The fraction of sp³-hybridized carbons (Fsp3) is 0.400. The third-order valence-corrected chi connectivity index (χ3v) is 6.68. The van der Waals surface area contributed by atoms with Gasteiger partial charge in [-0.25, -0.2) is 0 Å². The monoisotopic (exact) mass is 373 g/mol. The van der Waals surface area contributed by atoms with Gasteiger partial charge >= 0.3 is 0 Å². The summed E-state index contributed by atoms with van der Waals surface area (Å²) >= 11 is 8.27. The Morgan fingerprint density at radius 1 is 0.920 bits per heavy atom. The van der Waals surface area contributed by atoms with E-state index < -0.39 is 0 Å². The number of likely N-dealkylation sites (N-methyl/N-ethyl adjacent to an activating group) is 1. The molecule has 2 heterocycles. The van der Waals surface area contributed by atoms with Crippen molar-refractivity contribution in [2.75, 3.05) is 51.2 Å². The van der Waals surface area contributed by atoms with Gasteiger partial charge in [-0.05, 0) is 44.3 Å². The highest BCUT2D eigenvalue weighted by Crippen LogP contribution is 2.50. The minimum atomic E-state index is 0.848. The van der Waals surface area contributed by atoms with Crippen molar-refractivity contribution < 1.29 is 0 Å². The number of nitrogens with zero attached hydrogens (tertiary/aromatic N) is 3. The van der Waals surface area contributed by atoms with Crippen LogP contribution in [0.5, 0.6) is 0 Å². The quantitative estimate of drug-likeness (QED) is 0.775. The van der Waals surface area contributed by atoms with Crippen LogP contribution < -0.4 is 4.90 Å². The van der Waals surface area contributed by atoms with Gasteiger partial charge in [-0.3, -0.25) is 0 Å². The van der Waals surface area contributed by atoms with Gasteiger partial charge in [-0.1, -0.05) is 41.6 Å². The summed E-state index contributed by atoms with van der Waals surface area (Å²) in [6, 6.07) is 14.9. The first-order valence-corrected chi connectivity index (χ1v) is 10.2. The standard InChI is InChI=1S/C20H24ClN3S/c1-22-12-14-23(15-13-22)10-5-11-24-17-7-2-3-9-19(17)25-20-16(21)6-4-8-18(20)24/h2-4,6-9H,5,10-15H2,1H3. The summed E-state index contributed by atoms with van der Waals surface area (Å²) in [4.78, 5) is 9.92. The Balaban J connectivity index is 1.50. The van der Waals surface area contributed by atoms with Crippen LogP contribution in [-0.2, 0) is 0 Å². The molecule has 2 aliphatic rings. The smallest absolute Gasteiger partial charge is 0.0568 e. The lowest BCUT2D eigenvalue weighted by molar-refractivity contribution is 0.153. The molecule has 0 spiro atoms. The topological polar surface area (TPSA) is 9.72 Å². The summed E-state index contributed by atoms with van der Waals surface area (Å²) in [5.41, 5.74) is 2.55. The molecule has 2 aromatic rings. The largest absolute Gasteiger partial charge is 0.340 e. The second kappa shape index (κ2) is 7.58. The van der Waals surface area contributed by atoms with E-state index in [0.717, 1.165) is 24.5 Å². The number of benzene rings is 2. The predicted octanol–water partition coefficient (Wildman–Crippen LogP) is 4.58. The zero-order valence-corrected chi connectivity index (χ0v) is 16.2. The fourth-order valence-corrected chi connectivity index (χ4v) is 4.96. The van der Waals surface area contributed by atoms with Crippen LogP contribution in [-0.4, -0.2) is 56.1 Å². The number of hydrogen-bond acceptors (Lipinski definition) is 4. The molecule has 0 aromatic heterocycles. The number of anilines is 2. The van der Waals surface area contributed by atoms with Crippen molar-refractivity contribution in [3.05, 3.63) is 47.5 Å². The molecule has 0 amide bonds. The number of para-hydroxylation sites is 1. The molecule has 1 fully saturated rings. The third kappa shape index (κ3) is 3.68. The lowest BCUT2D eigenvalue weighted by atomic mass is 10.2. The molecule has 0 radical (unpaired) electrons. The van der Waals surface area contributed by atoms with Gasteiger partial charge in [-0.2, -0.15) is 0 Å². The highest BCUT2D eigenvalue weighted by atomic mass is 35.5. The van der Waals surface area contributed by atoms with Crippen LogP contribution in [0.25, 0.3) is 0 Å². The Morgan fingerprint density at radius 2 is 1.68 bits per heavy atom. The first-order chi connectivity index (χ1) is 12.2. The number of hydrogen-bond donors (Lipinski definition) is 0. The first-order valence-electron chi connectivity index (χ1n) is 8.96. The molecule has 3 nitrogen and oxygen atoms in total. The lowest BCUT2D eigenvalue weighted by Crippen LogP contribution is -2.45. The summed E-state index contributed by atoms with van der Waals surface area (Å²) in [5.74, 6) is 0. The second-order valence-corrected chi connectivity index (χ2v) is 8.27. The molecule has 25 heavy (non-hydrogen) atoms. The van der Waals surface area contributed by atoms with Crippen LogP contribution >= 0.6 is 23.4 Å². The van der Waals surface area contributed by atoms with Gasteiger partial charge in [0.2, 0.25) is 0 Å². The number of fused-ring (bicyclic) bond motifs is 2. The van der Waals surface area contributed by atoms with Crippen LogP contribution in [0.2, 0.25) is 5.02 Å². The molecule has 0 unspecified atom stereocenters. The van der Waals surface area contributed by atoms with E-state index in [4.69, 9.17) is 11.6 Å². The van der Waals surface area contributed by atoms with Gasteiger partial charge in [0.25, 0.3) is 0 Å². The van der Waals surface area contributed by atoms with Crippen molar-refractivity contribution in [3.8, 4) is 0 Å². The maximum atomic E-state index is 6.48. The molecule has 0 atom stereocenters. The zero-order valence-electron chi connectivity index (χ0n) is 14.6. The highest BCUT2D eigenvalue weighted by molar-refractivity contribution is 7.99. The second-order valence-electron chi connectivity index (χ2n) is 6.81. The van der Waals surface area contributed by atoms with Crippen LogP contribution in [0.15, 0.2) is 52.3 Å². The van der Waals surface area contributed by atoms with Gasteiger partial charge in [0.05, 0.1) is 21.3 Å². The Bertz CT molecular complexity index is 743. The molecule has 2 aliphatic heterocycles. The van der Waals surface area contributed by atoms with Crippen LogP contribution in [0, 0.1) is 0 Å². The van der Waals surface area contributed by atoms with Crippen molar-refractivity contribution in [3.63, 3.8) is 0 Å². The Hall–Kier alpha value is -1.20. The van der Waals surface area contributed by atoms with Crippen LogP contribution in [0.3, 0.4) is 0 Å². The molecule has 0 N–H and O–H groups in total. The van der Waals surface area contributed by atoms with E-state index in [1.165, 1.54) is 47.3 Å². The summed E-state index contributed by atoms with van der Waals surface area (Å²) < 4.78 is 0. The highest BCUT2D eigenvalue weighted by Gasteiger charge is 2.24. The third-order valence-electron chi connectivity index (χ3n) is 5.06. The molecule has 4 rings (SSSR count). The lowest BCUT2D eigenvalue weighted by Gasteiger charge is -2.35. The molecule has 0 bridgehead atoms. The summed E-state index contributed by atoms with van der Waals surface area (Å²) in [5, 5.41) is 0.848. The molecule has 0 aliphatic carbocycles.